The van der Waals surface area contributed by atoms with Gasteiger partial charge >= 0.3 is 0 Å². The SMILES string of the molecule is CCCCN(c1ccccc1)S(=O)(=O)c1cc(Br)ccc1OC. The number of ether oxygens (including phenoxy) is 1. The van der Waals surface area contributed by atoms with Gasteiger partial charge < -0.3 is 4.74 Å². The van der Waals surface area contributed by atoms with E-state index in [0.717, 1.165) is 12.8 Å². The Labute approximate surface area is 146 Å². The quantitative estimate of drug-likeness (QED) is 0.692. The summed E-state index contributed by atoms with van der Waals surface area (Å²) in [6, 6.07) is 14.1. The molecule has 4 nitrogen and oxygen atoms in total. The molecule has 0 aromatic heterocycles. The van der Waals surface area contributed by atoms with Gasteiger partial charge in [-0.2, -0.15) is 0 Å². The number of unbranched alkanes of at least 4 members (excludes halogenated alkanes) is 1. The zero-order chi connectivity index (χ0) is 16.9. The fourth-order valence-corrected chi connectivity index (χ4v) is 4.46. The first-order valence-electron chi connectivity index (χ1n) is 7.42. The average Bonchev–Trinajstić information content (AvgIpc) is 2.56. The molecule has 23 heavy (non-hydrogen) atoms. The Hall–Kier alpha value is -1.53. The summed E-state index contributed by atoms with van der Waals surface area (Å²) < 4.78 is 33.8. The van der Waals surface area contributed by atoms with Crippen LogP contribution in [0.5, 0.6) is 5.75 Å². The summed E-state index contributed by atoms with van der Waals surface area (Å²) in [4.78, 5) is 0.161. The van der Waals surface area contributed by atoms with Crippen molar-refractivity contribution in [2.75, 3.05) is 18.0 Å². The topological polar surface area (TPSA) is 46.6 Å². The van der Waals surface area contributed by atoms with Crippen molar-refractivity contribution in [2.24, 2.45) is 0 Å². The highest BCUT2D eigenvalue weighted by Crippen LogP contribution is 2.32. The Morgan fingerprint density at radius 2 is 1.83 bits per heavy atom. The van der Waals surface area contributed by atoms with Crippen LogP contribution in [0.3, 0.4) is 0 Å². The van der Waals surface area contributed by atoms with Gasteiger partial charge in [-0.25, -0.2) is 8.42 Å². The van der Waals surface area contributed by atoms with Gasteiger partial charge in [-0.3, -0.25) is 4.31 Å². The van der Waals surface area contributed by atoms with Crippen LogP contribution in [0.1, 0.15) is 19.8 Å². The molecule has 0 bridgehead atoms. The highest BCUT2D eigenvalue weighted by Gasteiger charge is 2.28. The van der Waals surface area contributed by atoms with Gasteiger partial charge in [-0.1, -0.05) is 47.5 Å². The molecule has 2 aromatic rings. The van der Waals surface area contributed by atoms with Crippen LogP contribution >= 0.6 is 15.9 Å². The first kappa shape index (κ1) is 17.8. The zero-order valence-corrected chi connectivity index (χ0v) is 15.6. The van der Waals surface area contributed by atoms with Crippen LogP contribution in [0.4, 0.5) is 5.69 Å². The number of para-hydroxylation sites is 1. The van der Waals surface area contributed by atoms with E-state index < -0.39 is 10.0 Å². The largest absolute Gasteiger partial charge is 0.495 e. The summed E-state index contributed by atoms with van der Waals surface area (Å²) >= 11 is 3.34. The summed E-state index contributed by atoms with van der Waals surface area (Å²) in [7, 11) is -2.24. The molecule has 0 aliphatic rings. The lowest BCUT2D eigenvalue weighted by Crippen LogP contribution is -2.32. The predicted molar refractivity (Wildman–Crippen MR) is 96.6 cm³/mol. The van der Waals surface area contributed by atoms with Gasteiger partial charge in [-0.15, -0.1) is 0 Å². The fraction of sp³-hybridized carbons (Fsp3) is 0.294. The third-order valence-corrected chi connectivity index (χ3v) is 5.79. The third-order valence-electron chi connectivity index (χ3n) is 3.45. The van der Waals surface area contributed by atoms with Crippen molar-refractivity contribution in [3.05, 3.63) is 53.0 Å². The molecule has 0 aliphatic carbocycles. The molecule has 0 radical (unpaired) electrons. The van der Waals surface area contributed by atoms with Crippen LogP contribution in [0, 0.1) is 0 Å². The van der Waals surface area contributed by atoms with Gasteiger partial charge in [0.15, 0.2) is 0 Å². The van der Waals surface area contributed by atoms with Gasteiger partial charge in [0, 0.05) is 11.0 Å². The Bertz CT molecular complexity index is 748. The second-order valence-corrected chi connectivity index (χ2v) is 7.81. The molecular formula is C17H20BrNO3S. The minimum atomic E-state index is -3.71. The molecule has 0 unspecified atom stereocenters. The number of rotatable bonds is 7. The lowest BCUT2D eigenvalue weighted by molar-refractivity contribution is 0.402. The minimum absolute atomic E-state index is 0.161. The maximum Gasteiger partial charge on any atom is 0.268 e. The van der Waals surface area contributed by atoms with Gasteiger partial charge in [0.1, 0.15) is 10.6 Å². The monoisotopic (exact) mass is 397 g/mol. The van der Waals surface area contributed by atoms with Crippen LogP contribution in [0.2, 0.25) is 0 Å². The number of benzene rings is 2. The second-order valence-electron chi connectivity index (χ2n) is 5.06. The number of anilines is 1. The number of methoxy groups -OCH3 is 1. The molecule has 124 valence electrons. The molecule has 0 atom stereocenters. The van der Waals surface area contributed by atoms with E-state index in [9.17, 15) is 8.42 Å². The smallest absolute Gasteiger partial charge is 0.268 e. The normalized spacial score (nSPS) is 11.3. The zero-order valence-electron chi connectivity index (χ0n) is 13.2. The van der Waals surface area contributed by atoms with Crippen molar-refractivity contribution in [1.82, 2.24) is 0 Å². The number of halogens is 1. The second kappa shape index (κ2) is 7.84. The number of hydrogen-bond acceptors (Lipinski definition) is 3. The van der Waals surface area contributed by atoms with Crippen LogP contribution in [-0.2, 0) is 10.0 Å². The van der Waals surface area contributed by atoms with Crippen molar-refractivity contribution in [1.29, 1.82) is 0 Å². The van der Waals surface area contributed by atoms with Gasteiger partial charge in [-0.05, 0) is 36.8 Å². The lowest BCUT2D eigenvalue weighted by Gasteiger charge is -2.25. The van der Waals surface area contributed by atoms with E-state index in [1.807, 2.05) is 25.1 Å². The molecule has 0 saturated carbocycles. The highest BCUT2D eigenvalue weighted by molar-refractivity contribution is 9.10. The first-order valence-corrected chi connectivity index (χ1v) is 9.65. The predicted octanol–water partition coefficient (Wildman–Crippen LogP) is 4.45. The van der Waals surface area contributed by atoms with Crippen molar-refractivity contribution in [3.8, 4) is 5.75 Å². The lowest BCUT2D eigenvalue weighted by atomic mass is 10.3. The summed E-state index contributed by atoms with van der Waals surface area (Å²) in [5.41, 5.74) is 0.656. The number of sulfonamides is 1. The minimum Gasteiger partial charge on any atom is -0.495 e. The molecule has 2 rings (SSSR count). The van der Waals surface area contributed by atoms with Crippen LogP contribution in [0.25, 0.3) is 0 Å². The Morgan fingerprint density at radius 1 is 1.13 bits per heavy atom. The number of hydrogen-bond donors (Lipinski definition) is 0. The summed E-state index contributed by atoms with van der Waals surface area (Å²) in [6.07, 6.45) is 1.69. The molecule has 0 saturated heterocycles. The summed E-state index contributed by atoms with van der Waals surface area (Å²) in [5, 5.41) is 0. The molecule has 0 amide bonds. The van der Waals surface area contributed by atoms with E-state index >= 15 is 0 Å². The Morgan fingerprint density at radius 3 is 2.43 bits per heavy atom. The highest BCUT2D eigenvalue weighted by atomic mass is 79.9. The average molecular weight is 398 g/mol. The Kier molecular flexibility index (Phi) is 6.07. The first-order chi connectivity index (χ1) is 11.0. The molecule has 6 heteroatoms. The number of nitrogens with zero attached hydrogens (tertiary/aromatic N) is 1. The maximum atomic E-state index is 13.2. The van der Waals surface area contributed by atoms with Gasteiger partial charge in [0.2, 0.25) is 0 Å². The third kappa shape index (κ3) is 4.06. The van der Waals surface area contributed by atoms with Crippen molar-refractivity contribution < 1.29 is 13.2 Å². The van der Waals surface area contributed by atoms with Gasteiger partial charge in [0.25, 0.3) is 10.0 Å². The van der Waals surface area contributed by atoms with Crippen molar-refractivity contribution >= 4 is 31.6 Å². The van der Waals surface area contributed by atoms with Crippen LogP contribution < -0.4 is 9.04 Å². The molecule has 2 aromatic carbocycles. The molecule has 0 fully saturated rings. The van der Waals surface area contributed by atoms with Crippen molar-refractivity contribution in [2.45, 2.75) is 24.7 Å². The molecular weight excluding hydrogens is 378 g/mol. The molecule has 0 N–H and O–H groups in total. The van der Waals surface area contributed by atoms with Gasteiger partial charge in [0.05, 0.1) is 12.8 Å². The molecule has 0 heterocycles. The van der Waals surface area contributed by atoms with E-state index in [4.69, 9.17) is 4.74 Å². The Balaban J connectivity index is 2.54. The summed E-state index contributed by atoms with van der Waals surface area (Å²) in [6.45, 7) is 2.47. The maximum absolute atomic E-state index is 13.2. The van der Waals surface area contributed by atoms with E-state index in [2.05, 4.69) is 15.9 Å². The molecule has 0 aliphatic heterocycles. The molecule has 0 spiro atoms. The van der Waals surface area contributed by atoms with E-state index in [1.165, 1.54) is 11.4 Å². The standard InChI is InChI=1S/C17H20BrNO3S/c1-3-4-12-19(15-8-6-5-7-9-15)23(20,21)17-13-14(18)10-11-16(17)22-2/h5-11,13H,3-4,12H2,1-2H3. The fourth-order valence-electron chi connectivity index (χ4n) is 2.25. The van der Waals surface area contributed by atoms with Crippen LogP contribution in [-0.4, -0.2) is 22.1 Å². The summed E-state index contributed by atoms with van der Waals surface area (Å²) in [5.74, 6) is 0.339. The van der Waals surface area contributed by atoms with Crippen LogP contribution in [0.15, 0.2) is 57.9 Å². The van der Waals surface area contributed by atoms with E-state index in [-0.39, 0.29) is 4.90 Å². The van der Waals surface area contributed by atoms with Crippen molar-refractivity contribution in [3.63, 3.8) is 0 Å². The van der Waals surface area contributed by atoms with E-state index in [0.29, 0.717) is 22.5 Å². The van der Waals surface area contributed by atoms with E-state index in [1.54, 1.807) is 30.3 Å².